The van der Waals surface area contributed by atoms with Crippen molar-refractivity contribution in [1.82, 2.24) is 9.78 Å². The van der Waals surface area contributed by atoms with Crippen LogP contribution < -0.4 is 5.73 Å². The van der Waals surface area contributed by atoms with Gasteiger partial charge in [-0.15, -0.1) is 0 Å². The topological polar surface area (TPSA) is 43.8 Å². The highest BCUT2D eigenvalue weighted by Crippen LogP contribution is 2.26. The number of hydrogen-bond acceptors (Lipinski definition) is 2. The molecule has 0 spiro atoms. The molecule has 0 amide bonds. The van der Waals surface area contributed by atoms with Crippen LogP contribution in [0.25, 0.3) is 16.9 Å². The molecule has 0 saturated heterocycles. The number of benzene rings is 2. The standard InChI is InChI=1S/C15H11BrClN3/c16-11-4-1-3-10(7-11)14-9-15(18)20(19-14)13-6-2-5-12(17)8-13/h1-9H,18H2. The highest BCUT2D eigenvalue weighted by atomic mass is 79.9. The molecule has 3 rings (SSSR count). The Morgan fingerprint density at radius 3 is 2.60 bits per heavy atom. The Kier molecular flexibility index (Phi) is 3.51. The maximum Gasteiger partial charge on any atom is 0.127 e. The van der Waals surface area contributed by atoms with Crippen molar-refractivity contribution in [1.29, 1.82) is 0 Å². The lowest BCUT2D eigenvalue weighted by Gasteiger charge is -2.03. The first-order chi connectivity index (χ1) is 9.63. The van der Waals surface area contributed by atoms with Crippen LogP contribution in [0.4, 0.5) is 5.82 Å². The lowest BCUT2D eigenvalue weighted by Crippen LogP contribution is -2.01. The van der Waals surface area contributed by atoms with E-state index < -0.39 is 0 Å². The van der Waals surface area contributed by atoms with Gasteiger partial charge in [-0.3, -0.25) is 0 Å². The molecule has 0 saturated carbocycles. The molecule has 0 atom stereocenters. The maximum absolute atomic E-state index is 6.04. The van der Waals surface area contributed by atoms with Crippen LogP contribution in [0.3, 0.4) is 0 Å². The summed E-state index contributed by atoms with van der Waals surface area (Å²) in [6.07, 6.45) is 0. The molecular formula is C15H11BrClN3. The van der Waals surface area contributed by atoms with E-state index in [2.05, 4.69) is 21.0 Å². The molecule has 0 aliphatic carbocycles. The molecule has 0 bridgehead atoms. The molecule has 0 fully saturated rings. The van der Waals surface area contributed by atoms with Crippen molar-refractivity contribution in [3.8, 4) is 16.9 Å². The van der Waals surface area contributed by atoms with Gasteiger partial charge in [0.25, 0.3) is 0 Å². The van der Waals surface area contributed by atoms with Crippen LogP contribution in [-0.2, 0) is 0 Å². The summed E-state index contributed by atoms with van der Waals surface area (Å²) in [7, 11) is 0. The minimum Gasteiger partial charge on any atom is -0.384 e. The summed E-state index contributed by atoms with van der Waals surface area (Å²) in [4.78, 5) is 0. The summed E-state index contributed by atoms with van der Waals surface area (Å²) in [5.41, 5.74) is 8.72. The van der Waals surface area contributed by atoms with Crippen molar-refractivity contribution < 1.29 is 0 Å². The van der Waals surface area contributed by atoms with Gasteiger partial charge in [-0.05, 0) is 30.3 Å². The van der Waals surface area contributed by atoms with Crippen LogP contribution >= 0.6 is 27.5 Å². The van der Waals surface area contributed by atoms with Crippen LogP contribution in [0, 0.1) is 0 Å². The zero-order chi connectivity index (χ0) is 14.1. The predicted octanol–water partition coefficient (Wildman–Crippen LogP) is 4.54. The Morgan fingerprint density at radius 1 is 1.05 bits per heavy atom. The van der Waals surface area contributed by atoms with E-state index >= 15 is 0 Å². The van der Waals surface area contributed by atoms with Gasteiger partial charge in [-0.2, -0.15) is 5.10 Å². The van der Waals surface area contributed by atoms with Crippen LogP contribution in [0.1, 0.15) is 0 Å². The molecule has 0 aliphatic rings. The Hall–Kier alpha value is -1.78. The molecule has 0 radical (unpaired) electrons. The summed E-state index contributed by atoms with van der Waals surface area (Å²) in [5.74, 6) is 0.572. The molecule has 5 heteroatoms. The lowest BCUT2D eigenvalue weighted by atomic mass is 10.2. The predicted molar refractivity (Wildman–Crippen MR) is 86.1 cm³/mol. The van der Waals surface area contributed by atoms with Gasteiger partial charge in [-0.25, -0.2) is 4.68 Å². The van der Waals surface area contributed by atoms with Gasteiger partial charge in [0.2, 0.25) is 0 Å². The highest BCUT2D eigenvalue weighted by Gasteiger charge is 2.09. The SMILES string of the molecule is Nc1cc(-c2cccc(Br)c2)nn1-c1cccc(Cl)c1. The van der Waals surface area contributed by atoms with E-state index in [-0.39, 0.29) is 0 Å². The molecule has 0 unspecified atom stereocenters. The summed E-state index contributed by atoms with van der Waals surface area (Å²) in [5, 5.41) is 5.20. The van der Waals surface area contributed by atoms with Gasteiger partial charge in [-0.1, -0.05) is 45.7 Å². The monoisotopic (exact) mass is 347 g/mol. The van der Waals surface area contributed by atoms with E-state index in [0.717, 1.165) is 21.4 Å². The zero-order valence-electron chi connectivity index (χ0n) is 10.4. The summed E-state index contributed by atoms with van der Waals surface area (Å²) in [6.45, 7) is 0. The van der Waals surface area contributed by atoms with Gasteiger partial charge >= 0.3 is 0 Å². The zero-order valence-corrected chi connectivity index (χ0v) is 12.8. The van der Waals surface area contributed by atoms with Crippen molar-refractivity contribution in [3.63, 3.8) is 0 Å². The number of rotatable bonds is 2. The Balaban J connectivity index is 2.08. The molecule has 3 nitrogen and oxygen atoms in total. The fraction of sp³-hybridized carbons (Fsp3) is 0. The number of nitrogens with two attached hydrogens (primary N) is 1. The van der Waals surface area contributed by atoms with Gasteiger partial charge in [0, 0.05) is 21.1 Å². The quantitative estimate of drug-likeness (QED) is 0.739. The van der Waals surface area contributed by atoms with Crippen LogP contribution in [0.2, 0.25) is 5.02 Å². The normalized spacial score (nSPS) is 10.7. The summed E-state index contributed by atoms with van der Waals surface area (Å²) < 4.78 is 2.69. The summed E-state index contributed by atoms with van der Waals surface area (Å²) >= 11 is 9.46. The Bertz CT molecular complexity index is 767. The van der Waals surface area contributed by atoms with Crippen molar-refractivity contribution in [3.05, 3.63) is 64.1 Å². The number of nitrogens with zero attached hydrogens (tertiary/aromatic N) is 2. The molecule has 2 N–H and O–H groups in total. The van der Waals surface area contributed by atoms with Crippen molar-refractivity contribution in [2.45, 2.75) is 0 Å². The summed E-state index contributed by atoms with van der Waals surface area (Å²) in [6, 6.07) is 17.2. The van der Waals surface area contributed by atoms with E-state index in [1.54, 1.807) is 4.68 Å². The molecule has 20 heavy (non-hydrogen) atoms. The number of hydrogen-bond donors (Lipinski definition) is 1. The van der Waals surface area contributed by atoms with E-state index in [1.807, 2.05) is 54.6 Å². The van der Waals surface area contributed by atoms with E-state index in [1.165, 1.54) is 0 Å². The second kappa shape index (κ2) is 5.31. The largest absolute Gasteiger partial charge is 0.384 e. The fourth-order valence-corrected chi connectivity index (χ4v) is 2.58. The van der Waals surface area contributed by atoms with Crippen molar-refractivity contribution >= 4 is 33.3 Å². The Labute approximate surface area is 130 Å². The minimum atomic E-state index is 0.572. The van der Waals surface area contributed by atoms with Crippen molar-refractivity contribution in [2.24, 2.45) is 0 Å². The van der Waals surface area contributed by atoms with E-state index in [4.69, 9.17) is 17.3 Å². The maximum atomic E-state index is 6.04. The first kappa shape index (κ1) is 13.2. The molecule has 1 aromatic heterocycles. The third-order valence-corrected chi connectivity index (χ3v) is 3.64. The van der Waals surface area contributed by atoms with Gasteiger partial charge < -0.3 is 5.73 Å². The smallest absolute Gasteiger partial charge is 0.127 e. The minimum absolute atomic E-state index is 0.572. The van der Waals surface area contributed by atoms with Gasteiger partial charge in [0.15, 0.2) is 0 Å². The second-order valence-corrected chi connectivity index (χ2v) is 5.71. The van der Waals surface area contributed by atoms with E-state index in [0.29, 0.717) is 10.8 Å². The first-order valence-corrected chi connectivity index (χ1v) is 7.18. The molecule has 100 valence electrons. The molecule has 3 aromatic rings. The molecule has 1 heterocycles. The van der Waals surface area contributed by atoms with Crippen molar-refractivity contribution in [2.75, 3.05) is 5.73 Å². The number of halogens is 2. The molecule has 0 aliphatic heterocycles. The average Bonchev–Trinajstić information content (AvgIpc) is 2.81. The molecular weight excluding hydrogens is 338 g/mol. The number of anilines is 1. The number of nitrogen functional groups attached to an aromatic ring is 1. The number of aromatic nitrogens is 2. The van der Waals surface area contributed by atoms with Gasteiger partial charge in [0.1, 0.15) is 5.82 Å². The average molecular weight is 349 g/mol. The van der Waals surface area contributed by atoms with Crippen LogP contribution in [0.15, 0.2) is 59.1 Å². The van der Waals surface area contributed by atoms with Gasteiger partial charge in [0.05, 0.1) is 11.4 Å². The second-order valence-electron chi connectivity index (χ2n) is 4.36. The fourth-order valence-electron chi connectivity index (χ4n) is 2.00. The van der Waals surface area contributed by atoms with E-state index in [9.17, 15) is 0 Å². The Morgan fingerprint density at radius 2 is 1.85 bits per heavy atom. The lowest BCUT2D eigenvalue weighted by molar-refractivity contribution is 0.895. The van der Waals surface area contributed by atoms with Crippen LogP contribution in [0.5, 0.6) is 0 Å². The third kappa shape index (κ3) is 2.57. The highest BCUT2D eigenvalue weighted by molar-refractivity contribution is 9.10. The molecule has 2 aromatic carbocycles. The first-order valence-electron chi connectivity index (χ1n) is 6.01. The van der Waals surface area contributed by atoms with Crippen LogP contribution in [-0.4, -0.2) is 9.78 Å². The third-order valence-electron chi connectivity index (χ3n) is 2.91.